The van der Waals surface area contributed by atoms with Gasteiger partial charge in [-0.2, -0.15) is 0 Å². The van der Waals surface area contributed by atoms with Crippen LogP contribution in [0.1, 0.15) is 36.5 Å². The van der Waals surface area contributed by atoms with Crippen LogP contribution in [0, 0.1) is 6.92 Å². The second-order valence-electron chi connectivity index (χ2n) is 5.31. The third-order valence-corrected chi connectivity index (χ3v) is 3.33. The number of hydrogen-bond acceptors (Lipinski definition) is 1. The van der Waals surface area contributed by atoms with Gasteiger partial charge in [0.25, 0.3) is 0 Å². The maximum absolute atomic E-state index is 5.77. The normalized spacial score (nSPS) is 10.7. The zero-order chi connectivity index (χ0) is 13.7. The van der Waals surface area contributed by atoms with Crippen LogP contribution in [0.4, 0.5) is 0 Å². The van der Waals surface area contributed by atoms with Gasteiger partial charge in [0, 0.05) is 6.42 Å². The van der Waals surface area contributed by atoms with Crippen molar-refractivity contribution in [2.45, 2.75) is 33.1 Å². The summed E-state index contributed by atoms with van der Waals surface area (Å²) in [7, 11) is 0. The molecule has 2 rings (SSSR count). The first-order valence-electron chi connectivity index (χ1n) is 6.93. The molecular formula is C18H22O. The molecule has 0 heterocycles. The fourth-order valence-corrected chi connectivity index (χ4v) is 1.99. The summed E-state index contributed by atoms with van der Waals surface area (Å²) in [6, 6.07) is 17.0. The monoisotopic (exact) mass is 254 g/mol. The van der Waals surface area contributed by atoms with Gasteiger partial charge in [0.15, 0.2) is 0 Å². The molecule has 1 nitrogen and oxygen atoms in total. The Morgan fingerprint density at radius 2 is 1.53 bits per heavy atom. The van der Waals surface area contributed by atoms with Gasteiger partial charge >= 0.3 is 0 Å². The molecule has 0 unspecified atom stereocenters. The molecule has 0 aromatic heterocycles. The average molecular weight is 254 g/mol. The van der Waals surface area contributed by atoms with Gasteiger partial charge in [-0.25, -0.2) is 0 Å². The molecule has 0 aliphatic rings. The molecule has 0 aliphatic carbocycles. The van der Waals surface area contributed by atoms with E-state index in [1.165, 1.54) is 16.7 Å². The Kier molecular flexibility index (Phi) is 4.62. The molecule has 0 atom stereocenters. The van der Waals surface area contributed by atoms with E-state index in [0.717, 1.165) is 18.8 Å². The van der Waals surface area contributed by atoms with Crippen LogP contribution < -0.4 is 4.74 Å². The minimum absolute atomic E-state index is 0.571. The first kappa shape index (κ1) is 13.7. The van der Waals surface area contributed by atoms with Crippen molar-refractivity contribution in [2.75, 3.05) is 6.61 Å². The van der Waals surface area contributed by atoms with Gasteiger partial charge < -0.3 is 4.74 Å². The van der Waals surface area contributed by atoms with E-state index in [9.17, 15) is 0 Å². The lowest BCUT2D eigenvalue weighted by Crippen LogP contribution is -2.01. The summed E-state index contributed by atoms with van der Waals surface area (Å²) in [4.78, 5) is 0. The predicted octanol–water partition coefficient (Wildman–Crippen LogP) is 4.74. The largest absolute Gasteiger partial charge is 0.493 e. The summed E-state index contributed by atoms with van der Waals surface area (Å²) in [5.74, 6) is 1.53. The first-order chi connectivity index (χ1) is 9.15. The van der Waals surface area contributed by atoms with E-state index in [2.05, 4.69) is 69.3 Å². The highest BCUT2D eigenvalue weighted by molar-refractivity contribution is 5.29. The summed E-state index contributed by atoms with van der Waals surface area (Å²) in [5, 5.41) is 0. The highest BCUT2D eigenvalue weighted by Crippen LogP contribution is 2.18. The summed E-state index contributed by atoms with van der Waals surface area (Å²) >= 11 is 0. The molecule has 2 aromatic rings. The van der Waals surface area contributed by atoms with Crippen LogP contribution >= 0.6 is 0 Å². The van der Waals surface area contributed by atoms with Crippen molar-refractivity contribution in [3.8, 4) is 5.75 Å². The predicted molar refractivity (Wildman–Crippen MR) is 80.9 cm³/mol. The summed E-state index contributed by atoms with van der Waals surface area (Å²) in [6.07, 6.45) is 0.951. The van der Waals surface area contributed by atoms with Crippen molar-refractivity contribution >= 4 is 0 Å². The van der Waals surface area contributed by atoms with Gasteiger partial charge in [-0.1, -0.05) is 55.8 Å². The van der Waals surface area contributed by atoms with E-state index in [1.807, 2.05) is 0 Å². The molecule has 0 spiro atoms. The maximum atomic E-state index is 5.77. The third kappa shape index (κ3) is 4.13. The van der Waals surface area contributed by atoms with Crippen molar-refractivity contribution < 1.29 is 4.74 Å². The lowest BCUT2D eigenvalue weighted by molar-refractivity contribution is 0.322. The molecule has 0 bridgehead atoms. The quantitative estimate of drug-likeness (QED) is 0.749. The molecule has 0 radical (unpaired) electrons. The zero-order valence-electron chi connectivity index (χ0n) is 12.0. The lowest BCUT2D eigenvalue weighted by Gasteiger charge is -2.09. The highest BCUT2D eigenvalue weighted by atomic mass is 16.5. The van der Waals surface area contributed by atoms with E-state index >= 15 is 0 Å². The minimum Gasteiger partial charge on any atom is -0.493 e. The van der Waals surface area contributed by atoms with Crippen LogP contribution in [-0.2, 0) is 6.42 Å². The Labute approximate surface area is 116 Å². The van der Waals surface area contributed by atoms with Crippen LogP contribution in [-0.4, -0.2) is 6.61 Å². The van der Waals surface area contributed by atoms with Gasteiger partial charge in [0.2, 0.25) is 0 Å². The van der Waals surface area contributed by atoms with Crippen molar-refractivity contribution in [3.63, 3.8) is 0 Å². The SMILES string of the molecule is Cc1ccc(CCOc2ccc(C(C)C)cc2)cc1. The number of ether oxygens (including phenoxy) is 1. The molecule has 0 aliphatic heterocycles. The Bertz CT molecular complexity index is 494. The molecule has 0 saturated heterocycles. The lowest BCUT2D eigenvalue weighted by atomic mass is 10.0. The summed E-state index contributed by atoms with van der Waals surface area (Å²) < 4.78 is 5.77. The van der Waals surface area contributed by atoms with E-state index in [1.54, 1.807) is 0 Å². The Morgan fingerprint density at radius 1 is 0.895 bits per heavy atom. The minimum atomic E-state index is 0.571. The van der Waals surface area contributed by atoms with Gasteiger partial charge in [-0.05, 0) is 36.1 Å². The molecule has 0 amide bonds. The second-order valence-corrected chi connectivity index (χ2v) is 5.31. The fourth-order valence-electron chi connectivity index (χ4n) is 1.99. The van der Waals surface area contributed by atoms with Gasteiger partial charge in [0.05, 0.1) is 6.61 Å². The van der Waals surface area contributed by atoms with E-state index < -0.39 is 0 Å². The molecular weight excluding hydrogens is 232 g/mol. The average Bonchev–Trinajstić information content (AvgIpc) is 2.41. The number of hydrogen-bond donors (Lipinski definition) is 0. The third-order valence-electron chi connectivity index (χ3n) is 3.33. The second kappa shape index (κ2) is 6.42. The molecule has 19 heavy (non-hydrogen) atoms. The topological polar surface area (TPSA) is 9.23 Å². The van der Waals surface area contributed by atoms with Crippen LogP contribution in [0.2, 0.25) is 0 Å². The van der Waals surface area contributed by atoms with Gasteiger partial charge in [-0.3, -0.25) is 0 Å². The van der Waals surface area contributed by atoms with Crippen LogP contribution in [0.25, 0.3) is 0 Å². The molecule has 1 heteroatoms. The Morgan fingerprint density at radius 3 is 2.11 bits per heavy atom. The number of benzene rings is 2. The number of aryl methyl sites for hydroxylation is 1. The van der Waals surface area contributed by atoms with E-state index in [-0.39, 0.29) is 0 Å². The fraction of sp³-hybridized carbons (Fsp3) is 0.333. The van der Waals surface area contributed by atoms with Crippen molar-refractivity contribution in [2.24, 2.45) is 0 Å². The smallest absolute Gasteiger partial charge is 0.119 e. The molecule has 0 N–H and O–H groups in total. The van der Waals surface area contributed by atoms with E-state index in [0.29, 0.717) is 5.92 Å². The van der Waals surface area contributed by atoms with Crippen molar-refractivity contribution in [1.29, 1.82) is 0 Å². The summed E-state index contributed by atoms with van der Waals surface area (Å²) in [6.45, 7) is 7.24. The Balaban J connectivity index is 1.83. The van der Waals surface area contributed by atoms with Crippen LogP contribution in [0.3, 0.4) is 0 Å². The first-order valence-corrected chi connectivity index (χ1v) is 6.93. The summed E-state index contributed by atoms with van der Waals surface area (Å²) in [5.41, 5.74) is 3.98. The van der Waals surface area contributed by atoms with Gasteiger partial charge in [0.1, 0.15) is 5.75 Å². The van der Waals surface area contributed by atoms with Crippen molar-refractivity contribution in [3.05, 3.63) is 65.2 Å². The standard InChI is InChI=1S/C18H22O/c1-14(2)17-8-10-18(11-9-17)19-13-12-16-6-4-15(3)5-7-16/h4-11,14H,12-13H2,1-3H3. The van der Waals surface area contributed by atoms with Gasteiger partial charge in [-0.15, -0.1) is 0 Å². The maximum Gasteiger partial charge on any atom is 0.119 e. The van der Waals surface area contributed by atoms with Crippen LogP contribution in [0.15, 0.2) is 48.5 Å². The van der Waals surface area contributed by atoms with Crippen molar-refractivity contribution in [1.82, 2.24) is 0 Å². The highest BCUT2D eigenvalue weighted by Gasteiger charge is 2.00. The zero-order valence-corrected chi connectivity index (χ0v) is 12.0. The van der Waals surface area contributed by atoms with E-state index in [4.69, 9.17) is 4.74 Å². The Hall–Kier alpha value is -1.76. The molecule has 100 valence electrons. The number of rotatable bonds is 5. The van der Waals surface area contributed by atoms with Crippen LogP contribution in [0.5, 0.6) is 5.75 Å². The molecule has 0 saturated carbocycles. The molecule has 2 aromatic carbocycles. The molecule has 0 fully saturated rings.